The first-order chi connectivity index (χ1) is 9.20. The van der Waals surface area contributed by atoms with E-state index in [-0.39, 0.29) is 11.9 Å². The van der Waals surface area contributed by atoms with Gasteiger partial charge in [-0.05, 0) is 31.2 Å². The van der Waals surface area contributed by atoms with Gasteiger partial charge in [-0.25, -0.2) is 0 Å². The molecule has 1 heterocycles. The van der Waals surface area contributed by atoms with Crippen LogP contribution in [0.2, 0.25) is 0 Å². The van der Waals surface area contributed by atoms with E-state index in [1.54, 1.807) is 18.5 Å². The third-order valence-electron chi connectivity index (χ3n) is 3.62. The van der Waals surface area contributed by atoms with Crippen LogP contribution < -0.4 is 15.8 Å². The Kier molecular flexibility index (Phi) is 4.74. The zero-order valence-corrected chi connectivity index (χ0v) is 11.3. The fourth-order valence-corrected chi connectivity index (χ4v) is 2.58. The van der Waals surface area contributed by atoms with Crippen molar-refractivity contribution >= 4 is 5.91 Å². The molecule has 19 heavy (non-hydrogen) atoms. The van der Waals surface area contributed by atoms with Crippen LogP contribution in [-0.4, -0.2) is 30.6 Å². The standard InChI is InChI=1S/C14H21N3O2/c1-19-13-9-16-6-5-12(13)14(18)17-8-10-3-2-4-11(15)7-10/h5-6,9-11H,2-4,7-8,15H2,1H3,(H,17,18). The normalized spacial score (nSPS) is 22.8. The molecular formula is C14H21N3O2. The van der Waals surface area contributed by atoms with Crippen molar-refractivity contribution in [3.8, 4) is 5.75 Å². The number of rotatable bonds is 4. The van der Waals surface area contributed by atoms with Crippen molar-refractivity contribution in [1.82, 2.24) is 10.3 Å². The fourth-order valence-electron chi connectivity index (χ4n) is 2.58. The summed E-state index contributed by atoms with van der Waals surface area (Å²) in [5.41, 5.74) is 6.47. The van der Waals surface area contributed by atoms with Crippen LogP contribution in [0.1, 0.15) is 36.0 Å². The first kappa shape index (κ1) is 13.8. The number of ether oxygens (including phenoxy) is 1. The molecule has 0 spiro atoms. The Morgan fingerprint density at radius 1 is 1.58 bits per heavy atom. The summed E-state index contributed by atoms with van der Waals surface area (Å²) in [6, 6.07) is 1.95. The molecule has 2 rings (SSSR count). The van der Waals surface area contributed by atoms with Crippen molar-refractivity contribution in [2.45, 2.75) is 31.7 Å². The van der Waals surface area contributed by atoms with Gasteiger partial charge in [0.1, 0.15) is 5.75 Å². The second-order valence-corrected chi connectivity index (χ2v) is 5.08. The molecule has 1 fully saturated rings. The Hall–Kier alpha value is -1.62. The van der Waals surface area contributed by atoms with Crippen molar-refractivity contribution in [3.05, 3.63) is 24.0 Å². The lowest BCUT2D eigenvalue weighted by molar-refractivity contribution is 0.0939. The lowest BCUT2D eigenvalue weighted by Gasteiger charge is -2.26. The van der Waals surface area contributed by atoms with E-state index in [4.69, 9.17) is 10.5 Å². The molecule has 5 heteroatoms. The molecule has 3 N–H and O–H groups in total. The molecule has 1 amide bonds. The molecule has 0 bridgehead atoms. The van der Waals surface area contributed by atoms with E-state index in [1.165, 1.54) is 7.11 Å². The van der Waals surface area contributed by atoms with Crippen LogP contribution in [-0.2, 0) is 0 Å². The summed E-state index contributed by atoms with van der Waals surface area (Å²) in [5, 5.41) is 2.96. The average Bonchev–Trinajstić information content (AvgIpc) is 2.45. The van der Waals surface area contributed by atoms with Gasteiger partial charge in [0.15, 0.2) is 0 Å². The van der Waals surface area contributed by atoms with Gasteiger partial charge in [0, 0.05) is 18.8 Å². The van der Waals surface area contributed by atoms with Crippen LogP contribution in [0.25, 0.3) is 0 Å². The molecular weight excluding hydrogens is 242 g/mol. The number of nitrogens with zero attached hydrogens (tertiary/aromatic N) is 1. The number of methoxy groups -OCH3 is 1. The van der Waals surface area contributed by atoms with Crippen molar-refractivity contribution in [2.75, 3.05) is 13.7 Å². The maximum atomic E-state index is 12.1. The highest BCUT2D eigenvalue weighted by Gasteiger charge is 2.20. The summed E-state index contributed by atoms with van der Waals surface area (Å²) < 4.78 is 5.13. The number of pyridine rings is 1. The molecule has 2 atom stereocenters. The minimum atomic E-state index is -0.113. The van der Waals surface area contributed by atoms with E-state index in [2.05, 4.69) is 10.3 Å². The largest absolute Gasteiger partial charge is 0.494 e. The van der Waals surface area contributed by atoms with Gasteiger partial charge in [0.2, 0.25) is 0 Å². The smallest absolute Gasteiger partial charge is 0.255 e. The minimum absolute atomic E-state index is 0.113. The van der Waals surface area contributed by atoms with Crippen molar-refractivity contribution < 1.29 is 9.53 Å². The first-order valence-corrected chi connectivity index (χ1v) is 6.72. The molecule has 0 saturated heterocycles. The maximum Gasteiger partial charge on any atom is 0.255 e. The van der Waals surface area contributed by atoms with Crippen LogP contribution in [0.5, 0.6) is 5.75 Å². The Balaban J connectivity index is 1.90. The Labute approximate surface area is 113 Å². The van der Waals surface area contributed by atoms with E-state index in [1.807, 2.05) is 0 Å². The second kappa shape index (κ2) is 6.52. The van der Waals surface area contributed by atoms with Gasteiger partial charge in [0.25, 0.3) is 5.91 Å². The summed E-state index contributed by atoms with van der Waals surface area (Å²) in [4.78, 5) is 16.0. The van der Waals surface area contributed by atoms with Crippen molar-refractivity contribution in [2.24, 2.45) is 11.7 Å². The summed E-state index contributed by atoms with van der Waals surface area (Å²) in [6.07, 6.45) is 7.53. The number of amides is 1. The molecule has 0 aliphatic heterocycles. The maximum absolute atomic E-state index is 12.1. The fraction of sp³-hybridized carbons (Fsp3) is 0.571. The van der Waals surface area contributed by atoms with Crippen LogP contribution in [0, 0.1) is 5.92 Å². The average molecular weight is 263 g/mol. The number of carbonyl (C=O) groups excluding carboxylic acids is 1. The molecule has 104 valence electrons. The molecule has 1 saturated carbocycles. The summed E-state index contributed by atoms with van der Waals surface area (Å²) in [5.74, 6) is 0.874. The van der Waals surface area contributed by atoms with Gasteiger partial charge in [-0.3, -0.25) is 9.78 Å². The monoisotopic (exact) mass is 263 g/mol. The molecule has 1 aliphatic rings. The molecule has 1 aromatic rings. The first-order valence-electron chi connectivity index (χ1n) is 6.72. The Morgan fingerprint density at radius 2 is 2.42 bits per heavy atom. The highest BCUT2D eigenvalue weighted by molar-refractivity contribution is 5.96. The van der Waals surface area contributed by atoms with E-state index in [0.717, 1.165) is 25.7 Å². The highest BCUT2D eigenvalue weighted by Crippen LogP contribution is 2.22. The van der Waals surface area contributed by atoms with Gasteiger partial charge in [-0.2, -0.15) is 0 Å². The van der Waals surface area contributed by atoms with Crippen molar-refractivity contribution in [1.29, 1.82) is 0 Å². The topological polar surface area (TPSA) is 77.2 Å². The highest BCUT2D eigenvalue weighted by atomic mass is 16.5. The zero-order valence-electron chi connectivity index (χ0n) is 11.3. The minimum Gasteiger partial charge on any atom is -0.494 e. The van der Waals surface area contributed by atoms with E-state index in [9.17, 15) is 4.79 Å². The van der Waals surface area contributed by atoms with E-state index >= 15 is 0 Å². The number of aromatic nitrogens is 1. The van der Waals surface area contributed by atoms with E-state index in [0.29, 0.717) is 23.8 Å². The van der Waals surface area contributed by atoms with Crippen LogP contribution in [0.15, 0.2) is 18.5 Å². The number of nitrogens with two attached hydrogens (primary N) is 1. The number of carbonyl (C=O) groups is 1. The summed E-state index contributed by atoms with van der Waals surface area (Å²) >= 11 is 0. The summed E-state index contributed by atoms with van der Waals surface area (Å²) in [6.45, 7) is 0.679. The predicted octanol–water partition coefficient (Wildman–Crippen LogP) is 1.34. The van der Waals surface area contributed by atoms with Crippen LogP contribution in [0.4, 0.5) is 0 Å². The number of nitrogens with one attached hydrogen (secondary N) is 1. The second-order valence-electron chi connectivity index (χ2n) is 5.08. The lowest BCUT2D eigenvalue weighted by Crippen LogP contribution is -2.35. The Morgan fingerprint density at radius 3 is 3.16 bits per heavy atom. The zero-order chi connectivity index (χ0) is 13.7. The summed E-state index contributed by atoms with van der Waals surface area (Å²) in [7, 11) is 1.54. The molecule has 1 aromatic heterocycles. The van der Waals surface area contributed by atoms with E-state index < -0.39 is 0 Å². The van der Waals surface area contributed by atoms with Gasteiger partial charge in [-0.1, -0.05) is 6.42 Å². The third-order valence-corrected chi connectivity index (χ3v) is 3.62. The Bertz CT molecular complexity index is 436. The SMILES string of the molecule is COc1cnccc1C(=O)NCC1CCCC(N)C1. The number of hydrogen-bond donors (Lipinski definition) is 2. The predicted molar refractivity (Wildman–Crippen MR) is 73.1 cm³/mol. The van der Waals surface area contributed by atoms with Crippen LogP contribution >= 0.6 is 0 Å². The molecule has 0 aromatic carbocycles. The van der Waals surface area contributed by atoms with Gasteiger partial charge < -0.3 is 15.8 Å². The number of hydrogen-bond acceptors (Lipinski definition) is 4. The van der Waals surface area contributed by atoms with Gasteiger partial charge in [-0.15, -0.1) is 0 Å². The van der Waals surface area contributed by atoms with Crippen molar-refractivity contribution in [3.63, 3.8) is 0 Å². The lowest BCUT2D eigenvalue weighted by atomic mass is 9.86. The molecule has 2 unspecified atom stereocenters. The molecule has 1 aliphatic carbocycles. The van der Waals surface area contributed by atoms with Gasteiger partial charge in [0.05, 0.1) is 18.9 Å². The third kappa shape index (κ3) is 3.67. The van der Waals surface area contributed by atoms with Gasteiger partial charge >= 0.3 is 0 Å². The molecule has 5 nitrogen and oxygen atoms in total. The molecule has 0 radical (unpaired) electrons. The van der Waals surface area contributed by atoms with Crippen LogP contribution in [0.3, 0.4) is 0 Å². The quantitative estimate of drug-likeness (QED) is 0.859.